The fourth-order valence-corrected chi connectivity index (χ4v) is 4.62. The number of carbonyl (C=O) groups is 1. The van der Waals surface area contributed by atoms with E-state index in [0.717, 1.165) is 24.3 Å². The maximum absolute atomic E-state index is 13.0. The highest BCUT2D eigenvalue weighted by Gasteiger charge is 2.30. The van der Waals surface area contributed by atoms with E-state index in [1.165, 1.54) is 25.3 Å². The van der Waals surface area contributed by atoms with Gasteiger partial charge in [0.15, 0.2) is 0 Å². The molecular formula is C23H20ClF3N2O4S. The number of rotatable bonds is 8. The lowest BCUT2D eigenvalue weighted by atomic mass is 10.1. The number of ether oxygens (including phenoxy) is 1. The van der Waals surface area contributed by atoms with Gasteiger partial charge in [-0.05, 0) is 54.4 Å². The van der Waals surface area contributed by atoms with E-state index in [0.29, 0.717) is 5.56 Å². The van der Waals surface area contributed by atoms with Crippen molar-refractivity contribution in [2.45, 2.75) is 23.5 Å². The van der Waals surface area contributed by atoms with Crippen LogP contribution < -0.4 is 14.8 Å². The van der Waals surface area contributed by atoms with Crippen LogP contribution >= 0.6 is 11.6 Å². The van der Waals surface area contributed by atoms with Gasteiger partial charge in [0.25, 0.3) is 0 Å². The van der Waals surface area contributed by atoms with Gasteiger partial charge in [0.05, 0.1) is 22.6 Å². The molecule has 11 heteroatoms. The predicted octanol–water partition coefficient (Wildman–Crippen LogP) is 4.90. The average Bonchev–Trinajstić information content (AvgIpc) is 2.79. The van der Waals surface area contributed by atoms with Crippen LogP contribution in [0.4, 0.5) is 18.9 Å². The van der Waals surface area contributed by atoms with Crippen molar-refractivity contribution in [2.75, 3.05) is 12.4 Å². The van der Waals surface area contributed by atoms with E-state index in [1.54, 1.807) is 30.3 Å². The van der Waals surface area contributed by atoms with Gasteiger partial charge < -0.3 is 10.1 Å². The molecule has 0 aliphatic carbocycles. The van der Waals surface area contributed by atoms with Crippen molar-refractivity contribution in [3.05, 3.63) is 88.9 Å². The van der Waals surface area contributed by atoms with Gasteiger partial charge in [-0.25, -0.2) is 8.42 Å². The minimum absolute atomic E-state index is 0.00355. The number of hydrogen-bond donors (Lipinski definition) is 2. The van der Waals surface area contributed by atoms with E-state index >= 15 is 0 Å². The van der Waals surface area contributed by atoms with Crippen LogP contribution in [0, 0.1) is 0 Å². The first-order valence-electron chi connectivity index (χ1n) is 9.87. The minimum atomic E-state index is -4.52. The molecule has 3 aromatic rings. The van der Waals surface area contributed by atoms with E-state index in [4.69, 9.17) is 16.3 Å². The van der Waals surface area contributed by atoms with Crippen molar-refractivity contribution in [3.63, 3.8) is 0 Å². The van der Waals surface area contributed by atoms with Gasteiger partial charge in [0, 0.05) is 5.69 Å². The standard InChI is InChI=1S/C23H20ClF3N2O4S/c1-33-21-12-11-18(14-19(21)24)34(31,32)29-20(13-15-5-3-2-4-6-15)22(30)28-17-9-7-16(8-10-17)23(25,26)27/h2-12,14,20,29H,13H2,1H3,(H,28,30). The van der Waals surface area contributed by atoms with Gasteiger partial charge in [-0.1, -0.05) is 41.9 Å². The zero-order valence-corrected chi connectivity index (χ0v) is 19.3. The third-order valence-electron chi connectivity index (χ3n) is 4.81. The largest absolute Gasteiger partial charge is 0.495 e. The molecule has 0 fully saturated rings. The SMILES string of the molecule is COc1ccc(S(=O)(=O)NC(Cc2ccccc2)C(=O)Nc2ccc(C(F)(F)F)cc2)cc1Cl. The molecule has 0 aromatic heterocycles. The summed E-state index contributed by atoms with van der Waals surface area (Å²) < 4.78 is 71.7. The summed E-state index contributed by atoms with van der Waals surface area (Å²) in [5, 5.41) is 2.53. The maximum Gasteiger partial charge on any atom is 0.416 e. The number of hydrogen-bond acceptors (Lipinski definition) is 4. The van der Waals surface area contributed by atoms with E-state index in [1.807, 2.05) is 0 Å². The number of alkyl halides is 3. The van der Waals surface area contributed by atoms with E-state index in [2.05, 4.69) is 10.0 Å². The van der Waals surface area contributed by atoms with E-state index < -0.39 is 33.7 Å². The topological polar surface area (TPSA) is 84.5 Å². The van der Waals surface area contributed by atoms with Crippen molar-refractivity contribution in [3.8, 4) is 5.75 Å². The smallest absolute Gasteiger partial charge is 0.416 e. The Morgan fingerprint density at radius 3 is 2.24 bits per heavy atom. The predicted molar refractivity (Wildman–Crippen MR) is 122 cm³/mol. The Morgan fingerprint density at radius 2 is 1.68 bits per heavy atom. The molecule has 0 heterocycles. The molecule has 0 spiro atoms. The second-order valence-corrected chi connectivity index (χ2v) is 9.35. The number of methoxy groups -OCH3 is 1. The van der Waals surface area contributed by atoms with Crippen LogP contribution in [0.1, 0.15) is 11.1 Å². The molecule has 0 aliphatic rings. The highest BCUT2D eigenvalue weighted by atomic mass is 35.5. The quantitative estimate of drug-likeness (QED) is 0.450. The van der Waals surface area contributed by atoms with Crippen LogP contribution in [0.15, 0.2) is 77.7 Å². The lowest BCUT2D eigenvalue weighted by molar-refractivity contribution is -0.137. The second-order valence-electron chi connectivity index (χ2n) is 7.22. The summed E-state index contributed by atoms with van der Waals surface area (Å²) in [6.07, 6.45) is -4.52. The minimum Gasteiger partial charge on any atom is -0.495 e. The van der Waals surface area contributed by atoms with Crippen molar-refractivity contribution in [2.24, 2.45) is 0 Å². The molecule has 1 atom stereocenters. The summed E-state index contributed by atoms with van der Waals surface area (Å²) in [5.41, 5.74) is -0.114. The molecule has 34 heavy (non-hydrogen) atoms. The third-order valence-corrected chi connectivity index (χ3v) is 6.57. The zero-order valence-electron chi connectivity index (χ0n) is 17.8. The van der Waals surface area contributed by atoms with Gasteiger partial charge >= 0.3 is 6.18 Å². The molecule has 3 aromatic carbocycles. The Bertz CT molecular complexity index is 1250. The Balaban J connectivity index is 1.86. The van der Waals surface area contributed by atoms with Gasteiger partial charge in [-0.3, -0.25) is 4.79 Å². The molecule has 1 amide bonds. The first kappa shape index (κ1) is 25.5. The number of anilines is 1. The molecular weight excluding hydrogens is 493 g/mol. The molecule has 0 bridgehead atoms. The molecule has 180 valence electrons. The van der Waals surface area contributed by atoms with Crippen molar-refractivity contribution < 1.29 is 31.1 Å². The summed E-state index contributed by atoms with van der Waals surface area (Å²) in [5.74, 6) is -0.465. The summed E-state index contributed by atoms with van der Waals surface area (Å²) >= 11 is 6.04. The zero-order chi connectivity index (χ0) is 24.9. The Hall–Kier alpha value is -3.08. The first-order valence-corrected chi connectivity index (χ1v) is 11.7. The van der Waals surface area contributed by atoms with Crippen molar-refractivity contribution in [1.29, 1.82) is 0 Å². The van der Waals surface area contributed by atoms with Crippen LogP contribution in [-0.2, 0) is 27.4 Å². The summed E-state index contributed by atoms with van der Waals surface area (Å²) in [6, 6.07) is 15.1. The van der Waals surface area contributed by atoms with Crippen LogP contribution in [0.3, 0.4) is 0 Å². The molecule has 1 unspecified atom stereocenters. The van der Waals surface area contributed by atoms with Crippen LogP contribution in [0.5, 0.6) is 5.75 Å². The first-order chi connectivity index (χ1) is 16.0. The summed E-state index contributed by atoms with van der Waals surface area (Å²) in [7, 11) is -2.81. The number of sulfonamides is 1. The average molecular weight is 513 g/mol. The Labute approximate surface area is 199 Å². The number of halogens is 4. The number of carbonyl (C=O) groups excluding carboxylic acids is 1. The fraction of sp³-hybridized carbons (Fsp3) is 0.174. The lowest BCUT2D eigenvalue weighted by Gasteiger charge is -2.19. The molecule has 0 aliphatic heterocycles. The maximum atomic E-state index is 13.0. The monoisotopic (exact) mass is 512 g/mol. The van der Waals surface area contributed by atoms with Crippen molar-refractivity contribution >= 4 is 33.2 Å². The van der Waals surface area contributed by atoms with Gasteiger partial charge in [-0.2, -0.15) is 17.9 Å². The Kier molecular flexibility index (Phi) is 7.86. The molecule has 6 nitrogen and oxygen atoms in total. The van der Waals surface area contributed by atoms with E-state index in [9.17, 15) is 26.4 Å². The summed E-state index contributed by atoms with van der Waals surface area (Å²) in [6.45, 7) is 0. The molecule has 0 saturated heterocycles. The highest BCUT2D eigenvalue weighted by Crippen LogP contribution is 2.30. The van der Waals surface area contributed by atoms with Crippen LogP contribution in [0.25, 0.3) is 0 Å². The van der Waals surface area contributed by atoms with Gasteiger partial charge in [0.2, 0.25) is 15.9 Å². The molecule has 0 radical (unpaired) electrons. The van der Waals surface area contributed by atoms with Gasteiger partial charge in [-0.15, -0.1) is 0 Å². The van der Waals surface area contributed by atoms with E-state index in [-0.39, 0.29) is 27.8 Å². The highest BCUT2D eigenvalue weighted by molar-refractivity contribution is 7.89. The number of amides is 1. The fourth-order valence-electron chi connectivity index (χ4n) is 3.08. The number of nitrogens with one attached hydrogen (secondary N) is 2. The summed E-state index contributed by atoms with van der Waals surface area (Å²) in [4.78, 5) is 12.8. The second kappa shape index (κ2) is 10.5. The lowest BCUT2D eigenvalue weighted by Crippen LogP contribution is -2.45. The van der Waals surface area contributed by atoms with Crippen LogP contribution in [0.2, 0.25) is 5.02 Å². The molecule has 3 rings (SSSR count). The van der Waals surface area contributed by atoms with Gasteiger partial charge in [0.1, 0.15) is 11.8 Å². The van der Waals surface area contributed by atoms with Crippen LogP contribution in [-0.4, -0.2) is 27.5 Å². The molecule has 2 N–H and O–H groups in total. The number of benzene rings is 3. The molecule has 0 saturated carbocycles. The normalized spacial score (nSPS) is 12.7. The third kappa shape index (κ3) is 6.49. The Morgan fingerprint density at radius 1 is 1.03 bits per heavy atom. The van der Waals surface area contributed by atoms with Crippen molar-refractivity contribution in [1.82, 2.24) is 4.72 Å².